The number of carbonyl (C=O) groups excluding carboxylic acids is 1. The van der Waals surface area contributed by atoms with Gasteiger partial charge >= 0.3 is 5.97 Å². The van der Waals surface area contributed by atoms with Crippen LogP contribution in [0.3, 0.4) is 0 Å². The van der Waals surface area contributed by atoms with E-state index in [1.54, 1.807) is 0 Å². The van der Waals surface area contributed by atoms with Crippen LogP contribution in [0.1, 0.15) is 10.4 Å². The Morgan fingerprint density at radius 2 is 1.81 bits per heavy atom. The highest BCUT2D eigenvalue weighted by atomic mass is 32.2. The van der Waals surface area contributed by atoms with E-state index in [9.17, 15) is 23.3 Å². The number of rotatable bonds is 5. The van der Waals surface area contributed by atoms with Crippen molar-refractivity contribution < 1.29 is 27.6 Å². The lowest BCUT2D eigenvalue weighted by Crippen LogP contribution is -2.40. The summed E-state index contributed by atoms with van der Waals surface area (Å²) in [5.41, 5.74) is -0.195. The lowest BCUT2D eigenvalue weighted by Gasteiger charge is -2.26. The van der Waals surface area contributed by atoms with Crippen LogP contribution in [-0.4, -0.2) is 49.9 Å². The zero-order valence-electron chi connectivity index (χ0n) is 14.1. The molecule has 1 heterocycles. The number of carbonyl (C=O) groups is 1. The summed E-state index contributed by atoms with van der Waals surface area (Å²) in [5, 5.41) is 10.8. The molecule has 0 N–H and O–H groups in total. The summed E-state index contributed by atoms with van der Waals surface area (Å²) in [7, 11) is -3.75. The van der Waals surface area contributed by atoms with Crippen molar-refractivity contribution in [2.45, 2.75) is 4.90 Å². The second kappa shape index (κ2) is 7.82. The Hall–Kier alpha value is -2.82. The molecule has 10 heteroatoms. The summed E-state index contributed by atoms with van der Waals surface area (Å²) in [5.74, 6) is -0.815. The first-order valence-corrected chi connectivity index (χ1v) is 9.46. The highest BCUT2D eigenvalue weighted by molar-refractivity contribution is 7.89. The van der Waals surface area contributed by atoms with E-state index >= 15 is 0 Å². The maximum absolute atomic E-state index is 12.7. The molecule has 3 rings (SSSR count). The number of hydrogen-bond acceptors (Lipinski definition) is 7. The first-order valence-electron chi connectivity index (χ1n) is 8.02. The van der Waals surface area contributed by atoms with Crippen molar-refractivity contribution in [3.63, 3.8) is 0 Å². The number of non-ortho nitro benzene ring substituents is 1. The van der Waals surface area contributed by atoms with Crippen LogP contribution in [0, 0.1) is 10.1 Å². The van der Waals surface area contributed by atoms with Gasteiger partial charge in [0.1, 0.15) is 5.75 Å². The van der Waals surface area contributed by atoms with Gasteiger partial charge in [-0.3, -0.25) is 10.1 Å². The standard InChI is InChI=1S/C17H16N2O7S/c20-17(26-15-5-2-4-14(12-15)19(21)22)13-3-1-6-16(11-13)27(23,24)18-7-9-25-10-8-18/h1-6,11-12H,7-10H2. The Morgan fingerprint density at radius 3 is 2.52 bits per heavy atom. The van der Waals surface area contributed by atoms with E-state index in [2.05, 4.69) is 0 Å². The Labute approximate surface area is 155 Å². The average molecular weight is 392 g/mol. The van der Waals surface area contributed by atoms with Crippen LogP contribution < -0.4 is 4.74 Å². The topological polar surface area (TPSA) is 116 Å². The molecule has 27 heavy (non-hydrogen) atoms. The Kier molecular flexibility index (Phi) is 5.49. The molecule has 0 aliphatic carbocycles. The van der Waals surface area contributed by atoms with Gasteiger partial charge in [-0.1, -0.05) is 12.1 Å². The van der Waals surface area contributed by atoms with Gasteiger partial charge in [0.15, 0.2) is 0 Å². The highest BCUT2D eigenvalue weighted by Gasteiger charge is 2.27. The lowest BCUT2D eigenvalue weighted by molar-refractivity contribution is -0.384. The van der Waals surface area contributed by atoms with Crippen molar-refractivity contribution in [1.29, 1.82) is 0 Å². The van der Waals surface area contributed by atoms with Crippen LogP contribution in [0.25, 0.3) is 0 Å². The number of hydrogen-bond donors (Lipinski definition) is 0. The maximum Gasteiger partial charge on any atom is 0.343 e. The Bertz CT molecular complexity index is 969. The Morgan fingerprint density at radius 1 is 1.11 bits per heavy atom. The van der Waals surface area contributed by atoms with Crippen LogP contribution in [-0.2, 0) is 14.8 Å². The van der Waals surface area contributed by atoms with E-state index in [-0.39, 0.29) is 35.0 Å². The third-order valence-electron chi connectivity index (χ3n) is 3.92. The van der Waals surface area contributed by atoms with E-state index < -0.39 is 20.9 Å². The van der Waals surface area contributed by atoms with E-state index in [1.807, 2.05) is 0 Å². The summed E-state index contributed by atoms with van der Waals surface area (Å²) in [6.45, 7) is 1.11. The van der Waals surface area contributed by atoms with Gasteiger partial charge in [0, 0.05) is 19.2 Å². The molecule has 9 nitrogen and oxygen atoms in total. The molecule has 2 aromatic rings. The number of nitro groups is 1. The van der Waals surface area contributed by atoms with Gasteiger partial charge in [-0.25, -0.2) is 13.2 Å². The van der Waals surface area contributed by atoms with E-state index in [4.69, 9.17) is 9.47 Å². The SMILES string of the molecule is O=C(Oc1cccc([N+](=O)[O-])c1)c1cccc(S(=O)(=O)N2CCOCC2)c1. The number of benzene rings is 2. The fourth-order valence-electron chi connectivity index (χ4n) is 2.55. The molecule has 2 aromatic carbocycles. The second-order valence-corrected chi connectivity index (χ2v) is 7.63. The summed E-state index contributed by atoms with van der Waals surface area (Å²) in [6, 6.07) is 10.7. The maximum atomic E-state index is 12.7. The zero-order chi connectivity index (χ0) is 19.4. The summed E-state index contributed by atoms with van der Waals surface area (Å²) in [4.78, 5) is 22.5. The molecule has 0 atom stereocenters. The van der Waals surface area contributed by atoms with Crippen molar-refractivity contribution >= 4 is 21.7 Å². The quantitative estimate of drug-likeness (QED) is 0.330. The van der Waals surface area contributed by atoms with Crippen LogP contribution in [0.4, 0.5) is 5.69 Å². The molecular formula is C17H16N2O7S. The van der Waals surface area contributed by atoms with Crippen molar-refractivity contribution in [1.82, 2.24) is 4.31 Å². The van der Waals surface area contributed by atoms with Crippen molar-refractivity contribution in [3.05, 3.63) is 64.2 Å². The average Bonchev–Trinajstić information content (AvgIpc) is 2.69. The molecule has 0 aromatic heterocycles. The van der Waals surface area contributed by atoms with Gasteiger partial charge in [0.05, 0.1) is 34.7 Å². The molecule has 0 bridgehead atoms. The minimum absolute atomic E-state index is 0.00404. The van der Waals surface area contributed by atoms with Gasteiger partial charge in [-0.15, -0.1) is 0 Å². The zero-order valence-corrected chi connectivity index (χ0v) is 14.9. The third kappa shape index (κ3) is 4.30. The van der Waals surface area contributed by atoms with Crippen LogP contribution >= 0.6 is 0 Å². The molecular weight excluding hydrogens is 376 g/mol. The van der Waals surface area contributed by atoms with Crippen molar-refractivity contribution in [3.8, 4) is 5.75 Å². The smallest absolute Gasteiger partial charge is 0.343 e. The summed E-state index contributed by atoms with van der Waals surface area (Å²) in [6.07, 6.45) is 0. The number of nitro benzene ring substituents is 1. The molecule has 1 aliphatic heterocycles. The largest absolute Gasteiger partial charge is 0.423 e. The second-order valence-electron chi connectivity index (χ2n) is 5.69. The lowest BCUT2D eigenvalue weighted by atomic mass is 10.2. The summed E-state index contributed by atoms with van der Waals surface area (Å²) < 4.78 is 36.9. The predicted octanol–water partition coefficient (Wildman–Crippen LogP) is 1.83. The fourth-order valence-corrected chi connectivity index (χ4v) is 4.00. The highest BCUT2D eigenvalue weighted by Crippen LogP contribution is 2.22. The number of ether oxygens (including phenoxy) is 2. The van der Waals surface area contributed by atoms with Gasteiger partial charge in [0.25, 0.3) is 5.69 Å². The monoisotopic (exact) mass is 392 g/mol. The molecule has 1 saturated heterocycles. The van der Waals surface area contributed by atoms with Gasteiger partial charge < -0.3 is 9.47 Å². The fraction of sp³-hybridized carbons (Fsp3) is 0.235. The van der Waals surface area contributed by atoms with Gasteiger partial charge in [-0.05, 0) is 24.3 Å². The van der Waals surface area contributed by atoms with Crippen molar-refractivity contribution in [2.24, 2.45) is 0 Å². The molecule has 0 amide bonds. The predicted molar refractivity (Wildman–Crippen MR) is 94.1 cm³/mol. The Balaban J connectivity index is 1.81. The molecule has 1 fully saturated rings. The molecule has 0 radical (unpaired) electrons. The number of sulfonamides is 1. The van der Waals surface area contributed by atoms with E-state index in [0.29, 0.717) is 13.2 Å². The number of nitrogens with zero attached hydrogens (tertiary/aromatic N) is 2. The van der Waals surface area contributed by atoms with E-state index in [1.165, 1.54) is 46.8 Å². The van der Waals surface area contributed by atoms with Crippen molar-refractivity contribution in [2.75, 3.05) is 26.3 Å². The molecule has 0 saturated carbocycles. The van der Waals surface area contributed by atoms with Gasteiger partial charge in [-0.2, -0.15) is 4.31 Å². The van der Waals surface area contributed by atoms with Crippen LogP contribution in [0.2, 0.25) is 0 Å². The minimum Gasteiger partial charge on any atom is -0.423 e. The summed E-state index contributed by atoms with van der Waals surface area (Å²) >= 11 is 0. The molecule has 1 aliphatic rings. The third-order valence-corrected chi connectivity index (χ3v) is 5.81. The molecule has 142 valence electrons. The number of esters is 1. The molecule has 0 unspecified atom stereocenters. The first kappa shape index (κ1) is 19.0. The molecule has 0 spiro atoms. The van der Waals surface area contributed by atoms with Gasteiger partial charge in [0.2, 0.25) is 10.0 Å². The normalized spacial score (nSPS) is 15.3. The minimum atomic E-state index is -3.75. The van der Waals surface area contributed by atoms with Crippen LogP contribution in [0.15, 0.2) is 53.4 Å². The number of morpholine rings is 1. The first-order chi connectivity index (χ1) is 12.9. The van der Waals surface area contributed by atoms with Crippen LogP contribution in [0.5, 0.6) is 5.75 Å². The van der Waals surface area contributed by atoms with E-state index in [0.717, 1.165) is 6.07 Å².